The van der Waals surface area contributed by atoms with Crippen molar-refractivity contribution >= 4 is 40.8 Å². The van der Waals surface area contributed by atoms with Gasteiger partial charge in [-0.2, -0.15) is 9.61 Å². The fourth-order valence-corrected chi connectivity index (χ4v) is 5.04. The van der Waals surface area contributed by atoms with Gasteiger partial charge in [-0.05, 0) is 66.4 Å². The summed E-state index contributed by atoms with van der Waals surface area (Å²) in [7, 11) is 0. The van der Waals surface area contributed by atoms with Gasteiger partial charge in [0.1, 0.15) is 22.8 Å². The number of aromatic nitrogens is 3. The first kappa shape index (κ1) is 33.4. The van der Waals surface area contributed by atoms with Crippen LogP contribution in [0.4, 0.5) is 32.6 Å². The van der Waals surface area contributed by atoms with E-state index < -0.39 is 40.5 Å². The number of hydrogen-bond acceptors (Lipinski definition) is 10. The molecular weight excluding hydrogens is 582 g/mol. The number of carbonyl (C=O) groups excluding carboxylic acids is 2. The lowest BCUT2D eigenvalue weighted by Crippen LogP contribution is -2.55. The van der Waals surface area contributed by atoms with Crippen molar-refractivity contribution in [2.24, 2.45) is 0 Å². The summed E-state index contributed by atoms with van der Waals surface area (Å²) in [5, 5.41) is 30.3. The normalized spacial score (nSPS) is 17.3. The Morgan fingerprint density at radius 3 is 2.47 bits per heavy atom. The molecule has 45 heavy (non-hydrogen) atoms. The van der Waals surface area contributed by atoms with E-state index in [9.17, 15) is 24.8 Å². The highest BCUT2D eigenvalue weighted by molar-refractivity contribution is 5.96. The maximum Gasteiger partial charge on any atom is 0.420 e. The fraction of sp³-hybridized carbons (Fsp3) is 0.548. The zero-order valence-corrected chi connectivity index (χ0v) is 27.1. The molecule has 4 rings (SSSR count). The number of nitro groups is 1. The van der Waals surface area contributed by atoms with Crippen LogP contribution in [0.1, 0.15) is 79.7 Å². The molecule has 14 nitrogen and oxygen atoms in total. The molecule has 2 atom stereocenters. The van der Waals surface area contributed by atoms with Crippen LogP contribution in [-0.4, -0.2) is 78.2 Å². The maximum atomic E-state index is 13.8. The van der Waals surface area contributed by atoms with Gasteiger partial charge in [-0.1, -0.05) is 19.9 Å². The van der Waals surface area contributed by atoms with Crippen molar-refractivity contribution < 1.29 is 29.1 Å². The number of nitrogens with one attached hydrogen (secondary N) is 1. The van der Waals surface area contributed by atoms with Gasteiger partial charge in [-0.25, -0.2) is 19.5 Å². The Labute approximate surface area is 262 Å². The molecule has 244 valence electrons. The van der Waals surface area contributed by atoms with E-state index in [0.29, 0.717) is 30.9 Å². The van der Waals surface area contributed by atoms with E-state index >= 15 is 0 Å². The molecule has 3 heterocycles. The molecule has 1 fully saturated rings. The number of nitrogens with zero attached hydrogens (tertiary/aromatic N) is 6. The second kappa shape index (κ2) is 12.9. The molecule has 0 bridgehead atoms. The Morgan fingerprint density at radius 1 is 1.16 bits per heavy atom. The van der Waals surface area contributed by atoms with Crippen LogP contribution in [0.3, 0.4) is 0 Å². The Hall–Kier alpha value is -4.46. The number of anilines is 3. The molecule has 0 spiro atoms. The number of likely N-dealkylation sites (tertiary alicyclic amines) is 1. The summed E-state index contributed by atoms with van der Waals surface area (Å²) in [6, 6.07) is 6.65. The van der Waals surface area contributed by atoms with E-state index in [2.05, 4.69) is 10.4 Å². The highest BCUT2D eigenvalue weighted by Crippen LogP contribution is 2.34. The average Bonchev–Trinajstić information content (AvgIpc) is 3.35. The number of benzene rings is 1. The standard InChI is InChI=1S/C31H43N7O7/c1-19(2)22-17-33-37-26(36(29(41)45-31(6,7)8)20-11-9-12-21(15-20)38(42)43)16-25(34-27(22)37)32-18-23-24(39)13-10-14-35(23)28(40)44-30(3,4)5/h9,11-12,15-17,19,23-24,39H,10,13-14,18H2,1-8H3,(H,32,34). The van der Waals surface area contributed by atoms with Crippen LogP contribution >= 0.6 is 0 Å². The molecule has 1 aromatic carbocycles. The Morgan fingerprint density at radius 2 is 1.84 bits per heavy atom. The molecule has 1 saturated heterocycles. The zero-order valence-electron chi connectivity index (χ0n) is 27.1. The topological polar surface area (TPSA) is 165 Å². The lowest BCUT2D eigenvalue weighted by molar-refractivity contribution is -0.384. The van der Waals surface area contributed by atoms with Crippen molar-refractivity contribution in [1.82, 2.24) is 19.5 Å². The van der Waals surface area contributed by atoms with Crippen LogP contribution < -0.4 is 10.2 Å². The summed E-state index contributed by atoms with van der Waals surface area (Å²) in [5.41, 5.74) is -0.336. The van der Waals surface area contributed by atoms with E-state index in [-0.39, 0.29) is 29.7 Å². The number of rotatable bonds is 7. The minimum absolute atomic E-state index is 0.0220. The number of hydrogen-bond donors (Lipinski definition) is 2. The minimum Gasteiger partial charge on any atom is -0.444 e. The predicted molar refractivity (Wildman–Crippen MR) is 169 cm³/mol. The smallest absolute Gasteiger partial charge is 0.420 e. The molecule has 1 aliphatic rings. The second-order valence-electron chi connectivity index (χ2n) is 13.4. The molecule has 2 unspecified atom stereocenters. The number of piperidine rings is 1. The lowest BCUT2D eigenvalue weighted by Gasteiger charge is -2.39. The molecular formula is C31H43N7O7. The SMILES string of the molecule is CC(C)c1cnn2c(N(C(=O)OC(C)(C)C)c3cccc([N+](=O)[O-])c3)cc(NCC3C(O)CCCN3C(=O)OC(C)(C)C)nc12. The molecule has 0 radical (unpaired) electrons. The third kappa shape index (κ3) is 7.98. The van der Waals surface area contributed by atoms with Crippen LogP contribution in [-0.2, 0) is 9.47 Å². The Bertz CT molecular complexity index is 1560. The van der Waals surface area contributed by atoms with Gasteiger partial charge in [0.15, 0.2) is 5.65 Å². The number of non-ortho nitro benzene ring substituents is 1. The van der Waals surface area contributed by atoms with Gasteiger partial charge >= 0.3 is 12.2 Å². The van der Waals surface area contributed by atoms with Crippen LogP contribution in [0.25, 0.3) is 5.65 Å². The highest BCUT2D eigenvalue weighted by Gasteiger charge is 2.36. The molecule has 3 aromatic rings. The Balaban J connectivity index is 1.81. The molecule has 2 aromatic heterocycles. The van der Waals surface area contributed by atoms with Gasteiger partial charge in [0.2, 0.25) is 0 Å². The summed E-state index contributed by atoms with van der Waals surface area (Å²) in [4.78, 5) is 45.5. The van der Waals surface area contributed by atoms with E-state index in [4.69, 9.17) is 14.5 Å². The Kier molecular flexibility index (Phi) is 9.57. The van der Waals surface area contributed by atoms with Crippen molar-refractivity contribution in [2.75, 3.05) is 23.3 Å². The van der Waals surface area contributed by atoms with Gasteiger partial charge in [-0.3, -0.25) is 10.1 Å². The van der Waals surface area contributed by atoms with Crippen molar-refractivity contribution in [1.29, 1.82) is 0 Å². The minimum atomic E-state index is -0.876. The first-order valence-corrected chi connectivity index (χ1v) is 15.0. The number of aliphatic hydroxyl groups is 1. The number of carbonyl (C=O) groups is 2. The van der Waals surface area contributed by atoms with E-state index in [1.165, 1.54) is 32.5 Å². The van der Waals surface area contributed by atoms with Gasteiger partial charge in [0, 0.05) is 36.9 Å². The summed E-state index contributed by atoms with van der Waals surface area (Å²) in [6.45, 7) is 15.1. The molecule has 0 aliphatic carbocycles. The number of ether oxygens (including phenoxy) is 2. The van der Waals surface area contributed by atoms with Crippen molar-refractivity contribution in [3.63, 3.8) is 0 Å². The van der Waals surface area contributed by atoms with Gasteiger partial charge in [0.25, 0.3) is 5.69 Å². The predicted octanol–water partition coefficient (Wildman–Crippen LogP) is 6.01. The lowest BCUT2D eigenvalue weighted by atomic mass is 9.99. The molecule has 2 N–H and O–H groups in total. The number of aliphatic hydroxyl groups excluding tert-OH is 1. The second-order valence-corrected chi connectivity index (χ2v) is 13.4. The largest absolute Gasteiger partial charge is 0.444 e. The first-order valence-electron chi connectivity index (χ1n) is 15.0. The van der Waals surface area contributed by atoms with E-state index in [0.717, 1.165) is 5.56 Å². The first-order chi connectivity index (χ1) is 20.9. The maximum absolute atomic E-state index is 13.8. The van der Waals surface area contributed by atoms with Gasteiger partial charge in [0.05, 0.1) is 29.0 Å². The fourth-order valence-electron chi connectivity index (χ4n) is 5.04. The van der Waals surface area contributed by atoms with Gasteiger partial charge < -0.3 is 24.8 Å². The quantitative estimate of drug-likeness (QED) is 0.235. The molecule has 0 saturated carbocycles. The zero-order chi connectivity index (χ0) is 33.3. The highest BCUT2D eigenvalue weighted by atomic mass is 16.6. The van der Waals surface area contributed by atoms with E-state index in [1.54, 1.807) is 59.9 Å². The van der Waals surface area contributed by atoms with E-state index in [1.807, 2.05) is 13.8 Å². The van der Waals surface area contributed by atoms with Crippen LogP contribution in [0.15, 0.2) is 36.5 Å². The average molecular weight is 626 g/mol. The molecule has 14 heteroatoms. The van der Waals surface area contributed by atoms with Crippen molar-refractivity contribution in [3.05, 3.63) is 52.2 Å². The van der Waals surface area contributed by atoms with Crippen molar-refractivity contribution in [3.8, 4) is 0 Å². The summed E-state index contributed by atoms with van der Waals surface area (Å²) >= 11 is 0. The van der Waals surface area contributed by atoms with Crippen LogP contribution in [0, 0.1) is 10.1 Å². The number of fused-ring (bicyclic) bond motifs is 1. The molecule has 1 aliphatic heterocycles. The summed E-state index contributed by atoms with van der Waals surface area (Å²) in [6.07, 6.45) is 0.719. The monoisotopic (exact) mass is 625 g/mol. The number of amides is 2. The van der Waals surface area contributed by atoms with Crippen LogP contribution in [0.2, 0.25) is 0 Å². The third-order valence-electron chi connectivity index (χ3n) is 7.07. The molecule has 2 amide bonds. The third-order valence-corrected chi connectivity index (χ3v) is 7.07. The van der Waals surface area contributed by atoms with Crippen LogP contribution in [0.5, 0.6) is 0 Å². The summed E-state index contributed by atoms with van der Waals surface area (Å²) < 4.78 is 12.8. The number of nitro benzene ring substituents is 1. The van der Waals surface area contributed by atoms with Gasteiger partial charge in [-0.15, -0.1) is 0 Å². The summed E-state index contributed by atoms with van der Waals surface area (Å²) in [5.74, 6) is 0.576. The van der Waals surface area contributed by atoms with Crippen molar-refractivity contribution in [2.45, 2.75) is 97.5 Å².